The average molecular weight is 328 g/mol. The van der Waals surface area contributed by atoms with E-state index in [1.165, 1.54) is 24.3 Å². The highest BCUT2D eigenvalue weighted by Crippen LogP contribution is 2.23. The van der Waals surface area contributed by atoms with E-state index in [1.807, 2.05) is 20.8 Å². The van der Waals surface area contributed by atoms with Gasteiger partial charge < -0.3 is 9.84 Å². The largest absolute Gasteiger partial charge is 0.490 e. The summed E-state index contributed by atoms with van der Waals surface area (Å²) in [7, 11) is 1.79. The first-order valence-electron chi connectivity index (χ1n) is 7.54. The van der Waals surface area contributed by atoms with E-state index < -0.39 is 5.97 Å². The molecular formula is C18H20N2O4. The van der Waals surface area contributed by atoms with Gasteiger partial charge in [-0.1, -0.05) is 0 Å². The molecule has 0 aliphatic rings. The average Bonchev–Trinajstić information content (AvgIpc) is 2.83. The van der Waals surface area contributed by atoms with Crippen LogP contribution in [0.15, 0.2) is 30.5 Å². The molecule has 0 unspecified atom stereocenters. The number of carbonyl (C=O) groups is 2. The molecular weight excluding hydrogens is 308 g/mol. The van der Waals surface area contributed by atoms with Crippen LogP contribution in [-0.4, -0.2) is 32.7 Å². The molecule has 0 aliphatic heterocycles. The molecule has 0 aliphatic carbocycles. The number of ether oxygens (including phenoxy) is 1. The Bertz CT molecular complexity index is 784. The van der Waals surface area contributed by atoms with Crippen molar-refractivity contribution in [1.29, 1.82) is 0 Å². The zero-order valence-electron chi connectivity index (χ0n) is 14.1. The lowest BCUT2D eigenvalue weighted by Gasteiger charge is -2.13. The molecule has 1 aromatic heterocycles. The lowest BCUT2D eigenvalue weighted by Crippen LogP contribution is -2.10. The fourth-order valence-electron chi connectivity index (χ4n) is 2.25. The lowest BCUT2D eigenvalue weighted by molar-refractivity contribution is 0.0697. The van der Waals surface area contributed by atoms with Crippen LogP contribution in [0, 0.1) is 6.92 Å². The van der Waals surface area contributed by atoms with Crippen molar-refractivity contribution in [3.8, 4) is 5.75 Å². The minimum absolute atomic E-state index is 0.0413. The quantitative estimate of drug-likeness (QED) is 0.651. The second kappa shape index (κ2) is 7.12. The van der Waals surface area contributed by atoms with Crippen LogP contribution in [-0.2, 0) is 7.05 Å². The second-order valence-corrected chi connectivity index (χ2v) is 5.72. The van der Waals surface area contributed by atoms with Crippen LogP contribution >= 0.6 is 0 Å². The van der Waals surface area contributed by atoms with Crippen LogP contribution in [0.2, 0.25) is 0 Å². The Labute approximate surface area is 140 Å². The van der Waals surface area contributed by atoms with Gasteiger partial charge in [0.1, 0.15) is 5.75 Å². The number of carboxylic acid groups (broad SMARTS) is 1. The molecule has 0 saturated heterocycles. The number of carboxylic acids is 1. The Balaban J connectivity index is 2.39. The van der Waals surface area contributed by atoms with Gasteiger partial charge in [0.15, 0.2) is 5.78 Å². The molecule has 0 atom stereocenters. The SMILES string of the molecule is Cc1cnn(C)c1/C=C/C(=O)c1cc(C(=O)O)ccc1OC(C)C. The van der Waals surface area contributed by atoms with Crippen LogP contribution in [0.5, 0.6) is 5.75 Å². The monoisotopic (exact) mass is 328 g/mol. The van der Waals surface area contributed by atoms with E-state index in [1.54, 1.807) is 24.0 Å². The van der Waals surface area contributed by atoms with Crippen LogP contribution in [0.3, 0.4) is 0 Å². The third kappa shape index (κ3) is 3.90. The molecule has 0 saturated carbocycles. The van der Waals surface area contributed by atoms with E-state index in [0.29, 0.717) is 5.75 Å². The van der Waals surface area contributed by atoms with Crippen molar-refractivity contribution < 1.29 is 19.4 Å². The zero-order valence-corrected chi connectivity index (χ0v) is 14.1. The fourth-order valence-corrected chi connectivity index (χ4v) is 2.25. The smallest absolute Gasteiger partial charge is 0.335 e. The predicted octanol–water partition coefficient (Wildman–Crippen LogP) is 3.11. The molecule has 1 aromatic carbocycles. The summed E-state index contributed by atoms with van der Waals surface area (Å²) in [6.07, 6.45) is 4.65. The van der Waals surface area contributed by atoms with E-state index in [4.69, 9.17) is 9.84 Å². The standard InChI is InChI=1S/C18H20N2O4/c1-11(2)24-17-8-5-13(18(22)23)9-14(17)16(21)7-6-15-12(3)10-19-20(15)4/h5-11H,1-4H3,(H,22,23)/b7-6+. The number of nitrogens with zero attached hydrogens (tertiary/aromatic N) is 2. The number of aromatic carboxylic acids is 1. The summed E-state index contributed by atoms with van der Waals surface area (Å²) in [6.45, 7) is 5.58. The molecule has 0 bridgehead atoms. The summed E-state index contributed by atoms with van der Waals surface area (Å²) >= 11 is 0. The maximum absolute atomic E-state index is 12.6. The molecule has 2 rings (SSSR count). The summed E-state index contributed by atoms with van der Waals surface area (Å²) in [4.78, 5) is 23.7. The van der Waals surface area contributed by atoms with E-state index in [2.05, 4.69) is 5.10 Å². The molecule has 24 heavy (non-hydrogen) atoms. The second-order valence-electron chi connectivity index (χ2n) is 5.72. The molecule has 0 amide bonds. The maximum atomic E-state index is 12.6. The van der Waals surface area contributed by atoms with Crippen LogP contribution in [0.4, 0.5) is 0 Å². The van der Waals surface area contributed by atoms with Crippen LogP contribution in [0.1, 0.15) is 45.8 Å². The number of aryl methyl sites for hydroxylation is 2. The van der Waals surface area contributed by atoms with Crippen LogP contribution < -0.4 is 4.74 Å². The van der Waals surface area contributed by atoms with Crippen molar-refractivity contribution in [2.24, 2.45) is 7.05 Å². The Morgan fingerprint density at radius 1 is 1.33 bits per heavy atom. The highest BCUT2D eigenvalue weighted by atomic mass is 16.5. The van der Waals surface area contributed by atoms with Gasteiger partial charge in [0.25, 0.3) is 0 Å². The fraction of sp³-hybridized carbons (Fsp3) is 0.278. The molecule has 126 valence electrons. The third-order valence-corrected chi connectivity index (χ3v) is 3.42. The first kappa shape index (κ1) is 17.5. The molecule has 1 N–H and O–H groups in total. The molecule has 0 fully saturated rings. The Morgan fingerprint density at radius 3 is 2.58 bits per heavy atom. The predicted molar refractivity (Wildman–Crippen MR) is 90.5 cm³/mol. The van der Waals surface area contributed by atoms with Gasteiger partial charge >= 0.3 is 5.97 Å². The highest BCUT2D eigenvalue weighted by Gasteiger charge is 2.15. The number of allylic oxidation sites excluding steroid dienone is 1. The zero-order chi connectivity index (χ0) is 17.9. The van der Waals surface area contributed by atoms with Gasteiger partial charge in [-0.25, -0.2) is 4.79 Å². The number of hydrogen-bond donors (Lipinski definition) is 1. The summed E-state index contributed by atoms with van der Waals surface area (Å²) in [5.74, 6) is -1.05. The molecule has 6 heteroatoms. The molecule has 2 aromatic rings. The third-order valence-electron chi connectivity index (χ3n) is 3.42. The first-order valence-corrected chi connectivity index (χ1v) is 7.54. The molecule has 6 nitrogen and oxygen atoms in total. The van der Waals surface area contributed by atoms with E-state index in [9.17, 15) is 9.59 Å². The van der Waals surface area contributed by atoms with E-state index in [0.717, 1.165) is 11.3 Å². The van der Waals surface area contributed by atoms with Crippen molar-refractivity contribution in [2.75, 3.05) is 0 Å². The van der Waals surface area contributed by atoms with Crippen LogP contribution in [0.25, 0.3) is 6.08 Å². The number of carbonyl (C=O) groups excluding carboxylic acids is 1. The molecule has 0 spiro atoms. The van der Waals surface area contributed by atoms with Gasteiger partial charge in [-0.2, -0.15) is 5.10 Å². The molecule has 0 radical (unpaired) electrons. The summed E-state index contributed by atoms with van der Waals surface area (Å²) in [5, 5.41) is 13.2. The normalized spacial score (nSPS) is 11.2. The van der Waals surface area contributed by atoms with Crippen molar-refractivity contribution in [3.05, 3.63) is 52.9 Å². The topological polar surface area (TPSA) is 81.4 Å². The lowest BCUT2D eigenvalue weighted by atomic mass is 10.0. The van der Waals surface area contributed by atoms with Gasteiger partial charge in [0.2, 0.25) is 0 Å². The number of rotatable bonds is 6. The Kier molecular flexibility index (Phi) is 5.18. The van der Waals surface area contributed by atoms with Crippen molar-refractivity contribution in [3.63, 3.8) is 0 Å². The van der Waals surface area contributed by atoms with Gasteiger partial charge in [0, 0.05) is 7.05 Å². The highest BCUT2D eigenvalue weighted by molar-refractivity contribution is 6.09. The summed E-state index contributed by atoms with van der Waals surface area (Å²) in [6, 6.07) is 4.27. The molecule has 1 heterocycles. The summed E-state index contributed by atoms with van der Waals surface area (Å²) in [5.41, 5.74) is 2.02. The van der Waals surface area contributed by atoms with Gasteiger partial charge in [-0.3, -0.25) is 9.48 Å². The number of benzene rings is 1. The van der Waals surface area contributed by atoms with E-state index >= 15 is 0 Å². The Morgan fingerprint density at radius 2 is 2.04 bits per heavy atom. The van der Waals surface area contributed by atoms with Crippen molar-refractivity contribution in [2.45, 2.75) is 26.9 Å². The first-order chi connectivity index (χ1) is 11.3. The Hall–Kier alpha value is -2.89. The summed E-state index contributed by atoms with van der Waals surface area (Å²) < 4.78 is 7.29. The number of ketones is 1. The minimum Gasteiger partial charge on any atom is -0.490 e. The van der Waals surface area contributed by atoms with Crippen molar-refractivity contribution in [1.82, 2.24) is 9.78 Å². The van der Waals surface area contributed by atoms with Gasteiger partial charge in [0.05, 0.1) is 29.1 Å². The minimum atomic E-state index is -1.09. The van der Waals surface area contributed by atoms with Gasteiger partial charge in [-0.05, 0) is 56.7 Å². The van der Waals surface area contributed by atoms with Crippen molar-refractivity contribution >= 4 is 17.8 Å². The number of aromatic nitrogens is 2. The maximum Gasteiger partial charge on any atom is 0.335 e. The number of hydrogen-bond acceptors (Lipinski definition) is 4. The van der Waals surface area contributed by atoms with E-state index in [-0.39, 0.29) is 23.0 Å². The van der Waals surface area contributed by atoms with Gasteiger partial charge in [-0.15, -0.1) is 0 Å².